The van der Waals surface area contributed by atoms with Gasteiger partial charge in [-0.2, -0.15) is 0 Å². The van der Waals surface area contributed by atoms with Crippen LogP contribution in [0.3, 0.4) is 0 Å². The number of ether oxygens (including phenoxy) is 5. The van der Waals surface area contributed by atoms with Crippen LogP contribution in [0.25, 0.3) is 0 Å². The van der Waals surface area contributed by atoms with Crippen molar-refractivity contribution >= 4 is 23.9 Å². The van der Waals surface area contributed by atoms with Crippen molar-refractivity contribution in [1.29, 1.82) is 0 Å². The van der Waals surface area contributed by atoms with Gasteiger partial charge in [0, 0.05) is 33.3 Å². The van der Waals surface area contributed by atoms with E-state index in [0.29, 0.717) is 71.6 Å². The van der Waals surface area contributed by atoms with Gasteiger partial charge in [0.1, 0.15) is 6.61 Å². The zero-order valence-electron chi connectivity index (χ0n) is 38.6. The fourth-order valence-corrected chi connectivity index (χ4v) is 9.70. The van der Waals surface area contributed by atoms with Gasteiger partial charge in [0.25, 0.3) is 0 Å². The van der Waals surface area contributed by atoms with Crippen LogP contribution in [0.2, 0.25) is 0 Å². The molecule has 4 saturated heterocycles. The molecule has 0 atom stereocenters. The number of esters is 4. The number of hydrogen-bond donors (Lipinski definition) is 0. The Kier molecular flexibility index (Phi) is 26.5. The Morgan fingerprint density at radius 3 is 0.951 bits per heavy atom. The Morgan fingerprint density at radius 2 is 0.672 bits per heavy atom. The van der Waals surface area contributed by atoms with Crippen molar-refractivity contribution in [2.24, 2.45) is 23.7 Å². The number of piperidine rings is 4. The summed E-state index contributed by atoms with van der Waals surface area (Å²) in [5.74, 6) is 2.77. The Labute approximate surface area is 369 Å². The van der Waals surface area contributed by atoms with Crippen LogP contribution in [0.1, 0.15) is 142 Å². The summed E-state index contributed by atoms with van der Waals surface area (Å²) < 4.78 is 26.3. The number of methoxy groups -OCH3 is 1. The van der Waals surface area contributed by atoms with Gasteiger partial charge in [-0.3, -0.25) is 19.2 Å². The van der Waals surface area contributed by atoms with E-state index in [0.717, 1.165) is 109 Å². The summed E-state index contributed by atoms with van der Waals surface area (Å²) in [6.45, 7) is 15.9. The van der Waals surface area contributed by atoms with E-state index in [9.17, 15) is 19.2 Å². The first kappa shape index (κ1) is 51.3. The van der Waals surface area contributed by atoms with Crippen molar-refractivity contribution in [3.05, 3.63) is 0 Å². The first-order valence-electron chi connectivity index (χ1n) is 24.8. The van der Waals surface area contributed by atoms with Gasteiger partial charge in [0.2, 0.25) is 0 Å². The fourth-order valence-electron chi connectivity index (χ4n) is 9.70. The molecular weight excluding hydrogens is 777 g/mol. The van der Waals surface area contributed by atoms with Crippen LogP contribution in [0.5, 0.6) is 0 Å². The number of nitrogens with zero attached hydrogens (tertiary/aromatic N) is 4. The monoisotopic (exact) mass is 863 g/mol. The number of carbonyl (C=O) groups excluding carboxylic acids is 4. The standard InChI is InChI=1S/C48H86N4O9/c1-3-36-58-45(53)20-32-49-24-12-41(13-25-49)8-6-9-42-14-26-50(27-15-42)33-21-46(54)59-37-4-5-38-60-47(55)22-34-51-28-16-43(17-29-51)10-7-11-44-18-30-52(31-19-44)35-23-48(56)61-40-39-57-2/h41-44H,3-40H2,1-2H3. The molecule has 352 valence electrons. The third-order valence-corrected chi connectivity index (χ3v) is 13.9. The van der Waals surface area contributed by atoms with E-state index in [1.54, 1.807) is 7.11 Å². The molecule has 13 nitrogen and oxygen atoms in total. The number of rotatable bonds is 30. The van der Waals surface area contributed by atoms with Crippen LogP contribution in [0.4, 0.5) is 0 Å². The van der Waals surface area contributed by atoms with Gasteiger partial charge in [-0.1, -0.05) is 45.4 Å². The fraction of sp³-hybridized carbons (Fsp3) is 0.917. The Bertz CT molecular complexity index is 1190. The molecule has 0 aromatic carbocycles. The number of hydrogen-bond acceptors (Lipinski definition) is 13. The lowest BCUT2D eigenvalue weighted by atomic mass is 9.87. The second-order valence-corrected chi connectivity index (χ2v) is 18.6. The molecule has 4 aliphatic rings. The Hall–Kier alpha value is -2.32. The molecule has 0 saturated carbocycles. The molecule has 4 rings (SSSR count). The maximum atomic E-state index is 12.4. The average Bonchev–Trinajstić information content (AvgIpc) is 3.28. The predicted octanol–water partition coefficient (Wildman–Crippen LogP) is 6.74. The smallest absolute Gasteiger partial charge is 0.307 e. The molecule has 61 heavy (non-hydrogen) atoms. The van der Waals surface area contributed by atoms with E-state index >= 15 is 0 Å². The van der Waals surface area contributed by atoms with E-state index in [4.69, 9.17) is 23.7 Å². The number of likely N-dealkylation sites (tertiary alicyclic amines) is 4. The largest absolute Gasteiger partial charge is 0.466 e. The van der Waals surface area contributed by atoms with Gasteiger partial charge in [0.15, 0.2) is 0 Å². The molecule has 0 amide bonds. The van der Waals surface area contributed by atoms with Gasteiger partial charge < -0.3 is 43.3 Å². The van der Waals surface area contributed by atoms with E-state index in [-0.39, 0.29) is 23.9 Å². The minimum atomic E-state index is -0.132. The molecule has 4 aliphatic heterocycles. The summed E-state index contributed by atoms with van der Waals surface area (Å²) in [5, 5.41) is 0. The maximum Gasteiger partial charge on any atom is 0.307 e. The third-order valence-electron chi connectivity index (χ3n) is 13.9. The van der Waals surface area contributed by atoms with Crippen molar-refractivity contribution in [3.8, 4) is 0 Å². The molecule has 0 bridgehead atoms. The molecule has 0 N–H and O–H groups in total. The van der Waals surface area contributed by atoms with Crippen molar-refractivity contribution in [1.82, 2.24) is 19.6 Å². The highest BCUT2D eigenvalue weighted by atomic mass is 16.6. The summed E-state index contributed by atoms with van der Waals surface area (Å²) in [5.41, 5.74) is 0. The molecule has 0 unspecified atom stereocenters. The third kappa shape index (κ3) is 23.3. The molecule has 0 aromatic heterocycles. The normalized spacial score (nSPS) is 19.8. The van der Waals surface area contributed by atoms with Crippen molar-refractivity contribution in [2.75, 3.05) is 119 Å². The van der Waals surface area contributed by atoms with Crippen molar-refractivity contribution in [3.63, 3.8) is 0 Å². The van der Waals surface area contributed by atoms with Gasteiger partial charge in [-0.05, 0) is 147 Å². The lowest BCUT2D eigenvalue weighted by molar-refractivity contribution is -0.146. The molecule has 13 heteroatoms. The van der Waals surface area contributed by atoms with Crippen LogP contribution < -0.4 is 0 Å². The topological polar surface area (TPSA) is 127 Å². The van der Waals surface area contributed by atoms with Crippen molar-refractivity contribution < 1.29 is 42.9 Å². The van der Waals surface area contributed by atoms with Crippen LogP contribution in [0.15, 0.2) is 0 Å². The molecule has 0 aromatic rings. The maximum absolute atomic E-state index is 12.4. The zero-order valence-corrected chi connectivity index (χ0v) is 38.6. The van der Waals surface area contributed by atoms with Crippen LogP contribution in [0, 0.1) is 23.7 Å². The summed E-state index contributed by atoms with van der Waals surface area (Å²) in [6.07, 6.45) is 21.9. The van der Waals surface area contributed by atoms with Crippen LogP contribution in [-0.2, 0) is 42.9 Å². The van der Waals surface area contributed by atoms with E-state index in [1.165, 1.54) is 89.9 Å². The molecule has 4 fully saturated rings. The minimum Gasteiger partial charge on any atom is -0.466 e. The average molecular weight is 863 g/mol. The lowest BCUT2D eigenvalue weighted by Gasteiger charge is -2.33. The predicted molar refractivity (Wildman–Crippen MR) is 238 cm³/mol. The Balaban J connectivity index is 0.880. The van der Waals surface area contributed by atoms with Crippen LogP contribution in [-0.4, -0.2) is 162 Å². The van der Waals surface area contributed by atoms with E-state index < -0.39 is 0 Å². The Morgan fingerprint density at radius 1 is 0.393 bits per heavy atom. The molecular formula is C48H86N4O9. The van der Waals surface area contributed by atoms with Crippen molar-refractivity contribution in [2.45, 2.75) is 142 Å². The van der Waals surface area contributed by atoms with E-state index in [1.807, 2.05) is 6.92 Å². The summed E-state index contributed by atoms with van der Waals surface area (Å²) in [7, 11) is 1.61. The first-order valence-corrected chi connectivity index (χ1v) is 24.8. The van der Waals surface area contributed by atoms with Gasteiger partial charge in [-0.15, -0.1) is 0 Å². The highest BCUT2D eigenvalue weighted by Crippen LogP contribution is 2.29. The highest BCUT2D eigenvalue weighted by Gasteiger charge is 2.25. The van der Waals surface area contributed by atoms with Gasteiger partial charge in [-0.25, -0.2) is 0 Å². The van der Waals surface area contributed by atoms with E-state index in [2.05, 4.69) is 19.6 Å². The van der Waals surface area contributed by atoms with Crippen LogP contribution >= 0.6 is 0 Å². The summed E-state index contributed by atoms with van der Waals surface area (Å²) in [6, 6.07) is 0. The minimum absolute atomic E-state index is 0.0628. The number of carbonyl (C=O) groups is 4. The summed E-state index contributed by atoms with van der Waals surface area (Å²) >= 11 is 0. The summed E-state index contributed by atoms with van der Waals surface area (Å²) in [4.78, 5) is 58.1. The quantitative estimate of drug-likeness (QED) is 0.0430. The zero-order chi connectivity index (χ0) is 43.3. The van der Waals surface area contributed by atoms with Gasteiger partial charge in [0.05, 0.1) is 52.1 Å². The molecule has 4 heterocycles. The SMILES string of the molecule is CCCOC(=O)CCN1CCC(CCCC2CCN(CCC(=O)OCCCCOC(=O)CCN3CCC(CCCC4CCN(CCC(=O)OCCOC)CC4)CC3)CC2)CC1. The molecule has 0 aliphatic carbocycles. The molecule has 0 spiro atoms. The lowest BCUT2D eigenvalue weighted by Crippen LogP contribution is -2.36. The second-order valence-electron chi connectivity index (χ2n) is 18.6. The first-order chi connectivity index (χ1) is 29.8. The molecule has 0 radical (unpaired) electrons. The van der Waals surface area contributed by atoms with Gasteiger partial charge >= 0.3 is 23.9 Å². The second kappa shape index (κ2) is 31.5. The highest BCUT2D eigenvalue weighted by molar-refractivity contribution is 5.70. The number of unbranched alkanes of at least 4 members (excludes halogenated alkanes) is 1.